The Labute approximate surface area is 313 Å². The van der Waals surface area contributed by atoms with Crippen molar-refractivity contribution < 1.29 is 8.83 Å². The molecule has 0 N–H and O–H groups in total. The Kier molecular flexibility index (Phi) is 7.63. The zero-order chi connectivity index (χ0) is 36.2. The van der Waals surface area contributed by atoms with Crippen molar-refractivity contribution in [1.82, 2.24) is 0 Å². The number of allylic oxidation sites excluding steroid dienone is 5. The van der Waals surface area contributed by atoms with E-state index < -0.39 is 0 Å². The van der Waals surface area contributed by atoms with Crippen LogP contribution in [0.15, 0.2) is 186 Å². The molecule has 1 aliphatic rings. The van der Waals surface area contributed by atoms with Crippen molar-refractivity contribution in [2.24, 2.45) is 0 Å². The Bertz CT molecular complexity index is 3180. The third-order valence-electron chi connectivity index (χ3n) is 10.9. The zero-order valence-electron chi connectivity index (χ0n) is 29.8. The molecule has 7 aromatic carbocycles. The van der Waals surface area contributed by atoms with Crippen LogP contribution < -0.4 is 10.4 Å². The highest BCUT2D eigenvalue weighted by Gasteiger charge is 2.20. The zero-order valence-corrected chi connectivity index (χ0v) is 29.8. The summed E-state index contributed by atoms with van der Waals surface area (Å²) >= 11 is 0. The smallest absolute Gasteiger partial charge is 0.143 e. The molecule has 0 saturated carbocycles. The molecule has 1 aliphatic carbocycles. The van der Waals surface area contributed by atoms with Crippen molar-refractivity contribution in [3.63, 3.8) is 0 Å². The second-order valence-corrected chi connectivity index (χ2v) is 14.0. The summed E-state index contributed by atoms with van der Waals surface area (Å²) in [6.45, 7) is 8.72. The van der Waals surface area contributed by atoms with Crippen molar-refractivity contribution in [2.45, 2.75) is 12.8 Å². The van der Waals surface area contributed by atoms with Crippen LogP contribution in [0.25, 0.3) is 88.6 Å². The molecular weight excluding hydrogens is 657 g/mol. The minimum Gasteiger partial charge on any atom is -0.455 e. The maximum absolute atomic E-state index is 6.68. The third kappa shape index (κ3) is 5.10. The SMILES string of the molecule is C=Cc1ccccc1C(=C)C1=c2cccc/c2=C(c2ccc(-c3cc4c(ccc5c6ccccc6oc54)c4c3oc3ccccc34)cc2)/C=C/CCC=C1. The average molecular weight is 693 g/mol. The predicted molar refractivity (Wildman–Crippen MR) is 229 cm³/mol. The van der Waals surface area contributed by atoms with Gasteiger partial charge in [-0.25, -0.2) is 0 Å². The Morgan fingerprint density at radius 2 is 1.17 bits per heavy atom. The molecule has 0 bridgehead atoms. The van der Waals surface area contributed by atoms with Gasteiger partial charge in [0, 0.05) is 32.5 Å². The van der Waals surface area contributed by atoms with Crippen LogP contribution in [0.1, 0.15) is 29.5 Å². The molecule has 0 amide bonds. The Morgan fingerprint density at radius 3 is 1.98 bits per heavy atom. The van der Waals surface area contributed by atoms with Gasteiger partial charge in [-0.05, 0) is 91.9 Å². The van der Waals surface area contributed by atoms with Crippen LogP contribution in [0.3, 0.4) is 0 Å². The quantitative estimate of drug-likeness (QED) is 0.179. The molecule has 2 nitrogen and oxygen atoms in total. The summed E-state index contributed by atoms with van der Waals surface area (Å²) in [6.07, 6.45) is 12.9. The number of rotatable bonds is 5. The Morgan fingerprint density at radius 1 is 0.537 bits per heavy atom. The number of para-hydroxylation sites is 2. The summed E-state index contributed by atoms with van der Waals surface area (Å²) in [5, 5.41) is 8.97. The number of hydrogen-bond donors (Lipinski definition) is 0. The molecule has 54 heavy (non-hydrogen) atoms. The fourth-order valence-corrected chi connectivity index (χ4v) is 8.26. The molecule has 2 heteroatoms. The molecule has 0 radical (unpaired) electrons. The topological polar surface area (TPSA) is 26.3 Å². The maximum Gasteiger partial charge on any atom is 0.143 e. The van der Waals surface area contributed by atoms with Crippen molar-refractivity contribution in [3.05, 3.63) is 204 Å². The van der Waals surface area contributed by atoms with Gasteiger partial charge in [0.1, 0.15) is 22.3 Å². The molecule has 0 saturated heterocycles. The summed E-state index contributed by atoms with van der Waals surface area (Å²) in [7, 11) is 0. The number of benzene rings is 7. The van der Waals surface area contributed by atoms with E-state index >= 15 is 0 Å². The summed E-state index contributed by atoms with van der Waals surface area (Å²) in [6, 6.07) is 49.3. The third-order valence-corrected chi connectivity index (χ3v) is 10.9. The lowest BCUT2D eigenvalue weighted by molar-refractivity contribution is 0.670. The second kappa shape index (κ2) is 12.9. The van der Waals surface area contributed by atoms with Crippen LogP contribution in [0, 0.1) is 0 Å². The highest BCUT2D eigenvalue weighted by molar-refractivity contribution is 6.27. The fraction of sp³-hybridized carbons (Fsp3) is 0.0385. The van der Waals surface area contributed by atoms with Crippen LogP contribution >= 0.6 is 0 Å². The Hall–Kier alpha value is -6.90. The van der Waals surface area contributed by atoms with Gasteiger partial charge in [-0.3, -0.25) is 0 Å². The molecular formula is C52H36O2. The van der Waals surface area contributed by atoms with Crippen LogP contribution in [-0.4, -0.2) is 0 Å². The van der Waals surface area contributed by atoms with Gasteiger partial charge in [-0.1, -0.05) is 159 Å². The van der Waals surface area contributed by atoms with E-state index in [1.54, 1.807) is 0 Å². The first-order chi connectivity index (χ1) is 26.7. The number of fused-ring (bicyclic) bond motifs is 10. The molecule has 2 aromatic heterocycles. The molecule has 0 fully saturated rings. The number of furan rings is 2. The molecule has 0 aliphatic heterocycles. The second-order valence-electron chi connectivity index (χ2n) is 14.0. The summed E-state index contributed by atoms with van der Waals surface area (Å²) in [5.74, 6) is 0. The highest BCUT2D eigenvalue weighted by atomic mass is 16.3. The van der Waals surface area contributed by atoms with Crippen LogP contribution in [0.2, 0.25) is 0 Å². The molecule has 10 rings (SSSR count). The van der Waals surface area contributed by atoms with Crippen molar-refractivity contribution in [2.75, 3.05) is 0 Å². The first-order valence-electron chi connectivity index (χ1n) is 18.5. The van der Waals surface area contributed by atoms with E-state index in [9.17, 15) is 0 Å². The van der Waals surface area contributed by atoms with Crippen LogP contribution in [0.4, 0.5) is 0 Å². The molecule has 256 valence electrons. The van der Waals surface area contributed by atoms with Gasteiger partial charge < -0.3 is 8.83 Å². The van der Waals surface area contributed by atoms with Gasteiger partial charge >= 0.3 is 0 Å². The van der Waals surface area contributed by atoms with E-state index in [1.807, 2.05) is 30.3 Å². The lowest BCUT2D eigenvalue weighted by atomic mass is 9.90. The predicted octanol–water partition coefficient (Wildman–Crippen LogP) is 12.9. The fourth-order valence-electron chi connectivity index (χ4n) is 8.26. The van der Waals surface area contributed by atoms with E-state index in [-0.39, 0.29) is 0 Å². The largest absolute Gasteiger partial charge is 0.455 e. The van der Waals surface area contributed by atoms with Crippen molar-refractivity contribution >= 4 is 77.4 Å². The van der Waals surface area contributed by atoms with Gasteiger partial charge in [0.25, 0.3) is 0 Å². The van der Waals surface area contributed by atoms with E-state index in [4.69, 9.17) is 8.83 Å². The van der Waals surface area contributed by atoms with Crippen LogP contribution in [0.5, 0.6) is 0 Å². The minimum absolute atomic E-state index is 0.875. The molecule has 0 unspecified atom stereocenters. The first kappa shape index (κ1) is 31.8. The normalized spacial score (nSPS) is 14.9. The van der Waals surface area contributed by atoms with Crippen molar-refractivity contribution in [3.8, 4) is 11.1 Å². The molecule has 2 heterocycles. The van der Waals surface area contributed by atoms with Gasteiger partial charge in [0.15, 0.2) is 0 Å². The maximum atomic E-state index is 6.68. The van der Waals surface area contributed by atoms with E-state index in [2.05, 4.69) is 153 Å². The molecule has 0 spiro atoms. The molecule has 0 atom stereocenters. The lowest BCUT2D eigenvalue weighted by Gasteiger charge is -2.14. The highest BCUT2D eigenvalue weighted by Crippen LogP contribution is 2.44. The summed E-state index contributed by atoms with van der Waals surface area (Å²) < 4.78 is 13.3. The van der Waals surface area contributed by atoms with Gasteiger partial charge in [-0.15, -0.1) is 0 Å². The monoisotopic (exact) mass is 692 g/mol. The van der Waals surface area contributed by atoms with E-state index in [0.29, 0.717) is 0 Å². The van der Waals surface area contributed by atoms with E-state index in [0.717, 1.165) is 117 Å². The van der Waals surface area contributed by atoms with Crippen LogP contribution in [-0.2, 0) is 0 Å². The Balaban J connectivity index is 1.20. The van der Waals surface area contributed by atoms with Crippen molar-refractivity contribution in [1.29, 1.82) is 0 Å². The van der Waals surface area contributed by atoms with Gasteiger partial charge in [0.05, 0.1) is 0 Å². The lowest BCUT2D eigenvalue weighted by Crippen LogP contribution is -2.29. The van der Waals surface area contributed by atoms with Gasteiger partial charge in [0.2, 0.25) is 0 Å². The first-order valence-corrected chi connectivity index (χ1v) is 18.5. The number of hydrogen-bond acceptors (Lipinski definition) is 2. The van der Waals surface area contributed by atoms with Gasteiger partial charge in [-0.2, -0.15) is 0 Å². The standard InChI is InChI=1S/C52H36O2/c1-3-34-16-8-9-17-37(34)33(2)38-18-6-4-5-7-19-39(41-21-11-10-20-40(38)41)35-26-28-36(29-27-35)46-32-47-43(50-45-23-13-15-25-49(45)54-52(46)50)30-31-44-42-22-12-14-24-48(42)53-51(44)47/h3,6-32H,1-2,4-5H2/b18-6?,19-7+,40-38?,41-39+. The van der Waals surface area contributed by atoms with E-state index in [1.165, 1.54) is 5.57 Å². The average Bonchev–Trinajstić information content (AvgIpc) is 3.81. The molecule has 9 aromatic rings. The summed E-state index contributed by atoms with van der Waals surface area (Å²) in [4.78, 5) is 0. The summed E-state index contributed by atoms with van der Waals surface area (Å²) in [5.41, 5.74) is 12.3. The minimum atomic E-state index is 0.875.